The van der Waals surface area contributed by atoms with Gasteiger partial charge in [0.25, 0.3) is 0 Å². The van der Waals surface area contributed by atoms with Crippen LogP contribution in [0.25, 0.3) is 0 Å². The van der Waals surface area contributed by atoms with Gasteiger partial charge in [-0.1, -0.05) is 48.0 Å². The van der Waals surface area contributed by atoms with E-state index in [1.54, 1.807) is 34.1 Å². The first-order chi connectivity index (χ1) is 16.4. The molecule has 1 aliphatic heterocycles. The minimum atomic E-state index is -0.677. The van der Waals surface area contributed by atoms with Crippen molar-refractivity contribution in [2.45, 2.75) is 38.3 Å². The molecule has 182 valence electrons. The molecule has 2 atom stereocenters. The lowest BCUT2D eigenvalue weighted by atomic mass is 10.0. The van der Waals surface area contributed by atoms with Gasteiger partial charge in [0, 0.05) is 55.1 Å². The van der Waals surface area contributed by atoms with Crippen molar-refractivity contribution in [2.24, 2.45) is 0 Å². The van der Waals surface area contributed by atoms with Crippen LogP contribution in [0.3, 0.4) is 0 Å². The first-order valence-electron chi connectivity index (χ1n) is 11.4. The minimum Gasteiger partial charge on any atom is -0.344 e. The third-order valence-corrected chi connectivity index (χ3v) is 6.23. The van der Waals surface area contributed by atoms with E-state index in [0.29, 0.717) is 49.1 Å². The topological polar surface area (TPSA) is 81.8 Å². The van der Waals surface area contributed by atoms with Crippen molar-refractivity contribution < 1.29 is 14.4 Å². The van der Waals surface area contributed by atoms with E-state index in [2.05, 4.69) is 10.6 Å². The molecule has 0 aromatic heterocycles. The molecule has 0 saturated carbocycles. The third kappa shape index (κ3) is 7.37. The summed E-state index contributed by atoms with van der Waals surface area (Å²) in [5.41, 5.74) is 1.58. The number of hydrogen-bond acceptors (Lipinski definition) is 3. The smallest absolute Gasteiger partial charge is 0.322 e. The third-order valence-electron chi connectivity index (χ3n) is 5.73. The molecule has 9 heteroatoms. The molecular weight excluding hydrogens is 475 g/mol. The number of benzene rings is 2. The number of piperazine rings is 1. The summed E-state index contributed by atoms with van der Waals surface area (Å²) in [5.74, 6) is 0.0499. The second-order valence-corrected chi connectivity index (χ2v) is 9.18. The molecule has 34 heavy (non-hydrogen) atoms. The average molecular weight is 505 g/mol. The van der Waals surface area contributed by atoms with Crippen LogP contribution in [0.5, 0.6) is 0 Å². The number of halogens is 2. The maximum absolute atomic E-state index is 13.4. The summed E-state index contributed by atoms with van der Waals surface area (Å²) >= 11 is 11.7. The Balaban J connectivity index is 1.64. The normalized spacial score (nSPS) is 16.6. The molecule has 4 amide bonds. The second kappa shape index (κ2) is 12.6. The van der Waals surface area contributed by atoms with Crippen LogP contribution in [-0.4, -0.2) is 65.2 Å². The van der Waals surface area contributed by atoms with E-state index in [1.165, 1.54) is 0 Å². The average Bonchev–Trinajstić information content (AvgIpc) is 2.82. The summed E-state index contributed by atoms with van der Waals surface area (Å²) in [4.78, 5) is 42.0. The number of carbonyl (C=O) groups excluding carboxylic acids is 3. The first-order valence-corrected chi connectivity index (χ1v) is 12.3. The van der Waals surface area contributed by atoms with Crippen molar-refractivity contribution in [3.63, 3.8) is 0 Å². The number of amides is 4. The van der Waals surface area contributed by atoms with Crippen molar-refractivity contribution in [3.05, 3.63) is 65.2 Å². The Morgan fingerprint density at radius 1 is 1.09 bits per heavy atom. The Morgan fingerprint density at radius 2 is 1.85 bits per heavy atom. The Bertz CT molecular complexity index is 989. The highest BCUT2D eigenvalue weighted by Crippen LogP contribution is 2.18. The van der Waals surface area contributed by atoms with E-state index in [4.69, 9.17) is 23.2 Å². The van der Waals surface area contributed by atoms with Crippen LogP contribution in [0.4, 0.5) is 10.5 Å². The monoisotopic (exact) mass is 504 g/mol. The number of rotatable bonds is 8. The zero-order valence-electron chi connectivity index (χ0n) is 19.2. The molecule has 0 aliphatic carbocycles. The van der Waals surface area contributed by atoms with Gasteiger partial charge in [-0.25, -0.2) is 4.79 Å². The van der Waals surface area contributed by atoms with Gasteiger partial charge in [-0.05, 0) is 37.1 Å². The summed E-state index contributed by atoms with van der Waals surface area (Å²) in [6.45, 7) is 3.05. The van der Waals surface area contributed by atoms with Gasteiger partial charge in [0.05, 0.1) is 0 Å². The second-order valence-electron chi connectivity index (χ2n) is 8.37. The maximum Gasteiger partial charge on any atom is 0.322 e. The number of nitrogens with one attached hydrogen (secondary N) is 2. The van der Waals surface area contributed by atoms with E-state index in [9.17, 15) is 14.4 Å². The summed E-state index contributed by atoms with van der Waals surface area (Å²) < 4.78 is 0. The van der Waals surface area contributed by atoms with Gasteiger partial charge in [-0.3, -0.25) is 9.59 Å². The molecule has 7 nitrogen and oxygen atoms in total. The van der Waals surface area contributed by atoms with Crippen LogP contribution < -0.4 is 10.6 Å². The van der Waals surface area contributed by atoms with Crippen LogP contribution in [0.1, 0.15) is 25.3 Å². The standard InChI is InChI=1S/C25H30Cl2N4O3/c1-18-17-30(13-14-31(18)25(34)28-21-10-5-9-20(27)16-21)24(33)22(29-23(32)11-6-12-26)15-19-7-3-2-4-8-19/h2-5,7-10,16,18,22H,6,11-15,17H2,1H3,(H,28,34)(H,29,32). The molecule has 0 bridgehead atoms. The van der Waals surface area contributed by atoms with Crippen molar-refractivity contribution in [1.82, 2.24) is 15.1 Å². The van der Waals surface area contributed by atoms with Crippen LogP contribution in [-0.2, 0) is 16.0 Å². The fraction of sp³-hybridized carbons (Fsp3) is 0.400. The van der Waals surface area contributed by atoms with Gasteiger partial charge in [-0.2, -0.15) is 0 Å². The Labute approximate surface area is 210 Å². The largest absolute Gasteiger partial charge is 0.344 e. The van der Waals surface area contributed by atoms with E-state index in [1.807, 2.05) is 37.3 Å². The summed E-state index contributed by atoms with van der Waals surface area (Å²) in [7, 11) is 0. The van der Waals surface area contributed by atoms with Gasteiger partial charge < -0.3 is 20.4 Å². The molecule has 2 aromatic carbocycles. The summed E-state index contributed by atoms with van der Waals surface area (Å²) in [5, 5.41) is 6.29. The molecule has 2 unspecified atom stereocenters. The molecule has 2 aromatic rings. The minimum absolute atomic E-state index is 0.148. The number of carbonyl (C=O) groups is 3. The lowest BCUT2D eigenvalue weighted by Gasteiger charge is -2.41. The molecule has 0 radical (unpaired) electrons. The molecule has 1 aliphatic rings. The Kier molecular flexibility index (Phi) is 9.60. The lowest BCUT2D eigenvalue weighted by molar-refractivity contribution is -0.138. The van der Waals surface area contributed by atoms with Gasteiger partial charge in [0.1, 0.15) is 6.04 Å². The SMILES string of the molecule is CC1CN(C(=O)C(Cc2ccccc2)NC(=O)CCCCl)CCN1C(=O)Nc1cccc(Cl)c1. The van der Waals surface area contributed by atoms with Crippen molar-refractivity contribution in [1.29, 1.82) is 0 Å². The van der Waals surface area contributed by atoms with Crippen molar-refractivity contribution >= 4 is 46.7 Å². The van der Waals surface area contributed by atoms with E-state index >= 15 is 0 Å². The molecule has 1 heterocycles. The number of hydrogen-bond donors (Lipinski definition) is 2. The summed E-state index contributed by atoms with van der Waals surface area (Å²) in [6, 6.07) is 15.5. The van der Waals surface area contributed by atoms with Crippen LogP contribution >= 0.6 is 23.2 Å². The number of urea groups is 1. The highest BCUT2D eigenvalue weighted by atomic mass is 35.5. The first kappa shape index (κ1) is 25.8. The zero-order valence-corrected chi connectivity index (χ0v) is 20.7. The Hall–Kier alpha value is -2.77. The van der Waals surface area contributed by atoms with Crippen molar-refractivity contribution in [2.75, 3.05) is 30.8 Å². The predicted octanol–water partition coefficient (Wildman–Crippen LogP) is 4.15. The Morgan fingerprint density at radius 3 is 2.53 bits per heavy atom. The molecule has 3 rings (SSSR count). The van der Waals surface area contributed by atoms with E-state index in [-0.39, 0.29) is 30.3 Å². The molecule has 1 saturated heterocycles. The van der Waals surface area contributed by atoms with Crippen LogP contribution in [0.15, 0.2) is 54.6 Å². The number of anilines is 1. The summed E-state index contributed by atoms with van der Waals surface area (Å²) in [6.07, 6.45) is 1.23. The fourth-order valence-electron chi connectivity index (χ4n) is 3.99. The zero-order chi connectivity index (χ0) is 24.5. The molecule has 1 fully saturated rings. The van der Waals surface area contributed by atoms with E-state index in [0.717, 1.165) is 5.56 Å². The van der Waals surface area contributed by atoms with Gasteiger partial charge >= 0.3 is 6.03 Å². The molecular formula is C25H30Cl2N4O3. The van der Waals surface area contributed by atoms with Gasteiger partial charge in [0.2, 0.25) is 11.8 Å². The van der Waals surface area contributed by atoms with E-state index < -0.39 is 6.04 Å². The lowest BCUT2D eigenvalue weighted by Crippen LogP contribution is -2.60. The number of nitrogens with zero attached hydrogens (tertiary/aromatic N) is 2. The number of alkyl halides is 1. The highest BCUT2D eigenvalue weighted by Gasteiger charge is 2.33. The predicted molar refractivity (Wildman–Crippen MR) is 135 cm³/mol. The molecule has 0 spiro atoms. The van der Waals surface area contributed by atoms with Crippen LogP contribution in [0, 0.1) is 0 Å². The van der Waals surface area contributed by atoms with Gasteiger partial charge in [0.15, 0.2) is 0 Å². The van der Waals surface area contributed by atoms with Crippen molar-refractivity contribution in [3.8, 4) is 0 Å². The fourth-order valence-corrected chi connectivity index (χ4v) is 4.31. The molecule has 2 N–H and O–H groups in total. The maximum atomic E-state index is 13.4. The van der Waals surface area contributed by atoms with Gasteiger partial charge in [-0.15, -0.1) is 11.6 Å². The highest BCUT2D eigenvalue weighted by molar-refractivity contribution is 6.30. The quantitative estimate of drug-likeness (QED) is 0.529. The van der Waals surface area contributed by atoms with Crippen LogP contribution in [0.2, 0.25) is 5.02 Å².